The second-order valence-electron chi connectivity index (χ2n) is 13.8. The average molecular weight is 579 g/mol. The van der Waals surface area contributed by atoms with Crippen molar-refractivity contribution in [1.82, 2.24) is 0 Å². The van der Waals surface area contributed by atoms with E-state index in [0.29, 0.717) is 12.8 Å². The van der Waals surface area contributed by atoms with Crippen LogP contribution in [0.2, 0.25) is 0 Å². The number of aliphatic hydroxyl groups is 1. The highest BCUT2D eigenvalue weighted by molar-refractivity contribution is 6.45. The lowest BCUT2D eigenvalue weighted by molar-refractivity contribution is -0.205. The molecule has 0 aliphatic heterocycles. The van der Waals surface area contributed by atoms with Crippen LogP contribution in [0.3, 0.4) is 0 Å². The van der Waals surface area contributed by atoms with E-state index in [0.717, 1.165) is 32.3 Å². The molecule has 0 saturated heterocycles. The molecule has 3 fully saturated rings. The Hall–Kier alpha value is -3.33. The topological polar surface area (TPSA) is 160 Å². The summed E-state index contributed by atoms with van der Waals surface area (Å²) in [5.41, 5.74) is -5.83. The van der Waals surface area contributed by atoms with Gasteiger partial charge < -0.3 is 10.2 Å². The molecule has 0 heterocycles. The third kappa shape index (κ3) is 3.88. The highest BCUT2D eigenvalue weighted by atomic mass is 16.3. The molecule has 0 amide bonds. The number of hydrogen-bond acceptors (Lipinski definition) is 9. The Balaban J connectivity index is 1.66. The standard InChI is InChI=1S/C33H38O9/c1-15(2)23-27(38)21(16(3)34)29(40)33(42)30(41)24-28(39)22-19(13-31(24,4)14-32(23,33)5)18(11-12-20(22)35)26(37)25(36)17-9-7-6-8-10-17/h11-12,15,17,21,23-24,35,42H,6-10,13-14H2,1-5H3/t21?,23?,24?,31-,32-,33+/m1/s1. The summed E-state index contributed by atoms with van der Waals surface area (Å²) in [7, 11) is 0. The molecule has 3 saturated carbocycles. The molecule has 0 radical (unpaired) electrons. The van der Waals surface area contributed by atoms with E-state index in [4.69, 9.17) is 0 Å². The van der Waals surface area contributed by atoms with Crippen LogP contribution in [-0.2, 0) is 30.4 Å². The molecule has 3 unspecified atom stereocenters. The van der Waals surface area contributed by atoms with E-state index in [1.165, 1.54) is 13.0 Å². The Labute approximate surface area is 244 Å². The molecule has 6 atom stereocenters. The van der Waals surface area contributed by atoms with Crippen LogP contribution in [0.15, 0.2) is 12.1 Å². The first-order valence-corrected chi connectivity index (χ1v) is 14.9. The molecule has 9 heteroatoms. The number of rotatable bonds is 5. The van der Waals surface area contributed by atoms with E-state index >= 15 is 0 Å². The predicted molar refractivity (Wildman–Crippen MR) is 149 cm³/mol. The van der Waals surface area contributed by atoms with Gasteiger partial charge >= 0.3 is 0 Å². The number of phenolic OH excluding ortho intramolecular Hbond substituents is 1. The van der Waals surface area contributed by atoms with Gasteiger partial charge in [0.05, 0.1) is 11.5 Å². The number of benzene rings is 1. The first-order chi connectivity index (χ1) is 19.5. The number of aromatic hydroxyl groups is 1. The molecule has 9 nitrogen and oxygen atoms in total. The zero-order valence-corrected chi connectivity index (χ0v) is 24.7. The van der Waals surface area contributed by atoms with Crippen LogP contribution in [-0.4, -0.2) is 56.3 Å². The fourth-order valence-electron chi connectivity index (χ4n) is 9.03. The van der Waals surface area contributed by atoms with Crippen LogP contribution in [0.5, 0.6) is 5.75 Å². The Morgan fingerprint density at radius 1 is 0.952 bits per heavy atom. The van der Waals surface area contributed by atoms with Gasteiger partial charge in [-0.25, -0.2) is 0 Å². The van der Waals surface area contributed by atoms with Gasteiger partial charge in [0.2, 0.25) is 11.6 Å². The molecule has 0 aromatic heterocycles. The molecule has 1 aromatic rings. The van der Waals surface area contributed by atoms with Gasteiger partial charge in [-0.05, 0) is 61.6 Å². The molecule has 0 spiro atoms. The average Bonchev–Trinajstić information content (AvgIpc) is 2.90. The largest absolute Gasteiger partial charge is 0.507 e. The van der Waals surface area contributed by atoms with Crippen molar-refractivity contribution in [3.63, 3.8) is 0 Å². The molecule has 2 N–H and O–H groups in total. The number of carbonyl (C=O) groups excluding carboxylic acids is 7. The first kappa shape index (κ1) is 30.1. The Morgan fingerprint density at radius 2 is 1.57 bits per heavy atom. The van der Waals surface area contributed by atoms with E-state index in [-0.39, 0.29) is 29.5 Å². The van der Waals surface area contributed by atoms with Crippen LogP contribution in [0.25, 0.3) is 0 Å². The number of fused-ring (bicyclic) bond motifs is 3. The van der Waals surface area contributed by atoms with E-state index in [1.54, 1.807) is 20.8 Å². The molecular weight excluding hydrogens is 540 g/mol. The van der Waals surface area contributed by atoms with E-state index < -0.39 is 92.3 Å². The summed E-state index contributed by atoms with van der Waals surface area (Å²) in [5, 5.41) is 22.9. The second-order valence-corrected chi connectivity index (χ2v) is 13.8. The Morgan fingerprint density at radius 3 is 2.14 bits per heavy atom. The lowest BCUT2D eigenvalue weighted by Gasteiger charge is -2.61. The smallest absolute Gasteiger partial charge is 0.229 e. The van der Waals surface area contributed by atoms with Crippen molar-refractivity contribution in [2.24, 2.45) is 40.4 Å². The second kappa shape index (κ2) is 9.86. The van der Waals surface area contributed by atoms with Gasteiger partial charge in [-0.1, -0.05) is 47.0 Å². The van der Waals surface area contributed by atoms with Gasteiger partial charge in [0.25, 0.3) is 0 Å². The number of hydrogen-bond donors (Lipinski definition) is 2. The quantitative estimate of drug-likeness (QED) is 0.303. The molecule has 42 heavy (non-hydrogen) atoms. The van der Waals surface area contributed by atoms with Crippen molar-refractivity contribution in [2.75, 3.05) is 0 Å². The number of carbonyl (C=O) groups is 7. The van der Waals surface area contributed by atoms with Gasteiger partial charge in [-0.2, -0.15) is 0 Å². The molecule has 5 rings (SSSR count). The van der Waals surface area contributed by atoms with E-state index in [9.17, 15) is 43.8 Å². The van der Waals surface area contributed by atoms with Crippen molar-refractivity contribution in [3.05, 3.63) is 28.8 Å². The zero-order chi connectivity index (χ0) is 31.1. The minimum atomic E-state index is -2.79. The van der Waals surface area contributed by atoms with Crippen molar-refractivity contribution in [1.29, 1.82) is 0 Å². The SMILES string of the molecule is CC(=O)C1C(=O)C(C(C)C)[C@@]2(C)C[C@@]3(C)Cc4c(C(=O)C(=O)C5CCCCC5)ccc(O)c4C(=O)C3C(=O)[C@@]2(O)C1=O. The number of Topliss-reactive ketones (excluding diaryl/α,β-unsaturated/α-hetero) is 7. The summed E-state index contributed by atoms with van der Waals surface area (Å²) in [6.07, 6.45) is 3.70. The molecule has 4 aliphatic rings. The molecular formula is C33H38O9. The third-order valence-electron chi connectivity index (χ3n) is 10.7. The minimum Gasteiger partial charge on any atom is -0.507 e. The predicted octanol–water partition coefficient (Wildman–Crippen LogP) is 3.43. The maximum absolute atomic E-state index is 14.3. The van der Waals surface area contributed by atoms with Gasteiger partial charge in [0.1, 0.15) is 17.5 Å². The van der Waals surface area contributed by atoms with Gasteiger partial charge in [-0.3, -0.25) is 33.6 Å². The Bertz CT molecular complexity index is 1460. The number of phenols is 1. The highest BCUT2D eigenvalue weighted by Crippen LogP contribution is 2.63. The monoisotopic (exact) mass is 578 g/mol. The summed E-state index contributed by atoms with van der Waals surface area (Å²) in [6.45, 7) is 7.63. The third-order valence-corrected chi connectivity index (χ3v) is 10.7. The van der Waals surface area contributed by atoms with Crippen molar-refractivity contribution in [3.8, 4) is 5.75 Å². The fraction of sp³-hybridized carbons (Fsp3) is 0.606. The summed E-state index contributed by atoms with van der Waals surface area (Å²) in [5.74, 6) is -11.7. The minimum absolute atomic E-state index is 0.00214. The fourth-order valence-corrected chi connectivity index (χ4v) is 9.03. The van der Waals surface area contributed by atoms with Crippen molar-refractivity contribution in [2.45, 2.75) is 85.2 Å². The van der Waals surface area contributed by atoms with E-state index in [1.807, 2.05) is 0 Å². The van der Waals surface area contributed by atoms with Crippen LogP contribution in [0.4, 0.5) is 0 Å². The Kier molecular flexibility index (Phi) is 7.08. The zero-order valence-electron chi connectivity index (χ0n) is 24.7. The van der Waals surface area contributed by atoms with Gasteiger partial charge in [0.15, 0.2) is 28.7 Å². The normalized spacial score (nSPS) is 35.0. The molecule has 0 bridgehead atoms. The summed E-state index contributed by atoms with van der Waals surface area (Å²) >= 11 is 0. The maximum Gasteiger partial charge on any atom is 0.229 e. The van der Waals surface area contributed by atoms with Crippen molar-refractivity contribution < 1.29 is 43.8 Å². The van der Waals surface area contributed by atoms with Crippen LogP contribution >= 0.6 is 0 Å². The molecule has 224 valence electrons. The highest BCUT2D eigenvalue weighted by Gasteiger charge is 2.76. The maximum atomic E-state index is 14.3. The van der Waals surface area contributed by atoms with E-state index in [2.05, 4.69) is 0 Å². The summed E-state index contributed by atoms with van der Waals surface area (Å²) < 4.78 is 0. The van der Waals surface area contributed by atoms with Crippen LogP contribution in [0, 0.1) is 40.4 Å². The lowest BCUT2D eigenvalue weighted by atomic mass is 9.40. The number of ketones is 7. The summed E-state index contributed by atoms with van der Waals surface area (Å²) in [6, 6.07) is 2.48. The van der Waals surface area contributed by atoms with Gasteiger partial charge in [0, 0.05) is 22.8 Å². The van der Waals surface area contributed by atoms with Crippen LogP contribution in [0.1, 0.15) is 99.4 Å². The van der Waals surface area contributed by atoms with Crippen LogP contribution < -0.4 is 0 Å². The summed E-state index contributed by atoms with van der Waals surface area (Å²) in [4.78, 5) is 95.1. The van der Waals surface area contributed by atoms with Gasteiger partial charge in [-0.15, -0.1) is 0 Å². The van der Waals surface area contributed by atoms with Crippen molar-refractivity contribution >= 4 is 40.5 Å². The molecule has 1 aromatic carbocycles. The molecule has 4 aliphatic carbocycles. The lowest BCUT2D eigenvalue weighted by Crippen LogP contribution is -2.76. The first-order valence-electron chi connectivity index (χ1n) is 14.9.